The normalized spacial score (nSPS) is 12.4. The first-order valence-electron chi connectivity index (χ1n) is 14.4. The van der Waals surface area contributed by atoms with Crippen molar-refractivity contribution < 1.29 is 28.7 Å². The van der Waals surface area contributed by atoms with Crippen LogP contribution in [-0.4, -0.2) is 56.7 Å². The summed E-state index contributed by atoms with van der Waals surface area (Å²) in [6, 6.07) is 7.84. The SMILES string of the molecule is COC(=O)N[C@@H](CC/C=C/C(N)=O)C(=O)Cc1cccn(Cc2nc3c(CC(C)C)cccc3n2C(=O)OC(C)(C)C)c1=O. The Labute approximate surface area is 256 Å². The fourth-order valence-corrected chi connectivity index (χ4v) is 4.71. The van der Waals surface area contributed by atoms with Crippen molar-refractivity contribution in [3.05, 3.63) is 76.0 Å². The second kappa shape index (κ2) is 14.6. The van der Waals surface area contributed by atoms with E-state index in [4.69, 9.17) is 15.5 Å². The van der Waals surface area contributed by atoms with Crippen LogP contribution in [0.2, 0.25) is 0 Å². The molecule has 0 radical (unpaired) electrons. The molecule has 3 N–H and O–H groups in total. The number of allylic oxidation sites excluding steroid dienone is 1. The van der Waals surface area contributed by atoms with Crippen LogP contribution in [0.5, 0.6) is 0 Å². The molecule has 0 bridgehead atoms. The number of hydrogen-bond acceptors (Lipinski definition) is 8. The molecular formula is C32H41N5O7. The van der Waals surface area contributed by atoms with Crippen LogP contribution in [0.4, 0.5) is 9.59 Å². The number of nitrogens with zero attached hydrogens (tertiary/aromatic N) is 3. The van der Waals surface area contributed by atoms with E-state index in [0.29, 0.717) is 22.8 Å². The number of fused-ring (bicyclic) bond motifs is 1. The second-order valence-electron chi connectivity index (χ2n) is 11.9. The molecule has 0 aliphatic rings. The Morgan fingerprint density at radius 2 is 1.80 bits per heavy atom. The number of amides is 2. The molecule has 3 rings (SSSR count). The van der Waals surface area contributed by atoms with Gasteiger partial charge in [-0.3, -0.25) is 14.4 Å². The molecule has 2 amide bonds. The number of methoxy groups -OCH3 is 1. The zero-order valence-electron chi connectivity index (χ0n) is 26.1. The van der Waals surface area contributed by atoms with Gasteiger partial charge in [-0.05, 0) is 69.7 Å². The molecule has 12 nitrogen and oxygen atoms in total. The van der Waals surface area contributed by atoms with Crippen LogP contribution in [0.25, 0.3) is 11.0 Å². The number of para-hydroxylation sites is 1. The van der Waals surface area contributed by atoms with Crippen molar-refractivity contribution in [3.8, 4) is 0 Å². The van der Waals surface area contributed by atoms with Gasteiger partial charge in [0.05, 0.1) is 30.7 Å². The van der Waals surface area contributed by atoms with E-state index in [-0.39, 0.29) is 31.4 Å². The van der Waals surface area contributed by atoms with E-state index >= 15 is 0 Å². The number of ether oxygens (including phenoxy) is 2. The standard InChI is InChI=1S/C32H41N5O7/c1-20(2)17-21-11-9-14-24-28(21)35-27(37(24)31(42)44-32(3,4)5)19-36-16-10-12-22(29(36)40)18-25(38)23(34-30(41)43-6)13-7-8-15-26(33)39/h8-12,14-16,20,23H,7,13,17-19H2,1-6H3,(H2,33,39)(H,34,41)/b15-8+/t23-/m0/s1. The molecule has 0 saturated carbocycles. The molecule has 0 aliphatic carbocycles. The fourth-order valence-electron chi connectivity index (χ4n) is 4.71. The number of pyridine rings is 1. The van der Waals surface area contributed by atoms with Gasteiger partial charge in [-0.25, -0.2) is 19.1 Å². The number of aromatic nitrogens is 3. The number of rotatable bonds is 12. The van der Waals surface area contributed by atoms with Crippen molar-refractivity contribution >= 4 is 34.9 Å². The van der Waals surface area contributed by atoms with Crippen LogP contribution >= 0.6 is 0 Å². The molecule has 2 aromatic heterocycles. The Bertz CT molecular complexity index is 1610. The van der Waals surface area contributed by atoms with Crippen molar-refractivity contribution in [1.29, 1.82) is 0 Å². The molecule has 1 atom stereocenters. The predicted octanol–water partition coefficient (Wildman–Crippen LogP) is 3.89. The van der Waals surface area contributed by atoms with Gasteiger partial charge < -0.3 is 25.1 Å². The zero-order chi connectivity index (χ0) is 32.6. The fraction of sp³-hybridized carbons (Fsp3) is 0.438. The number of carbonyl (C=O) groups is 4. The Kier molecular flexibility index (Phi) is 11.2. The van der Waals surface area contributed by atoms with Gasteiger partial charge in [-0.2, -0.15) is 0 Å². The van der Waals surface area contributed by atoms with E-state index in [0.717, 1.165) is 12.0 Å². The highest BCUT2D eigenvalue weighted by Crippen LogP contribution is 2.24. The lowest BCUT2D eigenvalue weighted by atomic mass is 10.0. The summed E-state index contributed by atoms with van der Waals surface area (Å²) in [5.74, 6) is -0.390. The summed E-state index contributed by atoms with van der Waals surface area (Å²) in [5, 5.41) is 2.49. The van der Waals surface area contributed by atoms with Crippen LogP contribution in [-0.2, 0) is 38.4 Å². The third-order valence-corrected chi connectivity index (χ3v) is 6.59. The number of Topliss-reactive ketones (excluding diaryl/α,β-unsaturated/α-hetero) is 1. The molecular weight excluding hydrogens is 566 g/mol. The lowest BCUT2D eigenvalue weighted by Crippen LogP contribution is -2.42. The maximum absolute atomic E-state index is 13.6. The van der Waals surface area contributed by atoms with Crippen molar-refractivity contribution in [2.45, 2.75) is 78.5 Å². The monoisotopic (exact) mass is 607 g/mol. The summed E-state index contributed by atoms with van der Waals surface area (Å²) in [5.41, 5.74) is 6.30. The highest BCUT2D eigenvalue weighted by atomic mass is 16.6. The Balaban J connectivity index is 1.97. The molecule has 0 aliphatic heterocycles. The number of primary amides is 1. The number of ketones is 1. The van der Waals surface area contributed by atoms with E-state index in [1.54, 1.807) is 39.1 Å². The molecule has 0 fully saturated rings. The maximum Gasteiger partial charge on any atom is 0.420 e. The van der Waals surface area contributed by atoms with E-state index in [1.807, 2.05) is 12.1 Å². The molecule has 2 heterocycles. The predicted molar refractivity (Wildman–Crippen MR) is 165 cm³/mol. The topological polar surface area (TPSA) is 165 Å². The van der Waals surface area contributed by atoms with Crippen LogP contribution < -0.4 is 16.6 Å². The largest absolute Gasteiger partial charge is 0.453 e. The van der Waals surface area contributed by atoms with Gasteiger partial charge in [-0.1, -0.05) is 38.1 Å². The summed E-state index contributed by atoms with van der Waals surface area (Å²) < 4.78 is 13.1. The summed E-state index contributed by atoms with van der Waals surface area (Å²) >= 11 is 0. The molecule has 0 saturated heterocycles. The van der Waals surface area contributed by atoms with Gasteiger partial charge in [0.2, 0.25) is 5.91 Å². The molecule has 236 valence electrons. The van der Waals surface area contributed by atoms with E-state index in [1.165, 1.54) is 34.5 Å². The van der Waals surface area contributed by atoms with E-state index in [9.17, 15) is 24.0 Å². The van der Waals surface area contributed by atoms with Crippen molar-refractivity contribution in [2.75, 3.05) is 7.11 Å². The third-order valence-electron chi connectivity index (χ3n) is 6.59. The first-order chi connectivity index (χ1) is 20.7. The molecule has 1 aromatic carbocycles. The third kappa shape index (κ3) is 9.13. The number of alkyl carbamates (subject to hydrolysis) is 1. The minimum atomic E-state index is -0.969. The van der Waals surface area contributed by atoms with Gasteiger partial charge in [-0.15, -0.1) is 0 Å². The number of hydrogen-bond donors (Lipinski definition) is 2. The number of nitrogens with two attached hydrogens (primary N) is 1. The summed E-state index contributed by atoms with van der Waals surface area (Å²) in [4.78, 5) is 67.9. The van der Waals surface area contributed by atoms with Crippen LogP contribution in [0.1, 0.15) is 64.4 Å². The van der Waals surface area contributed by atoms with Gasteiger partial charge in [0.1, 0.15) is 11.4 Å². The minimum Gasteiger partial charge on any atom is -0.453 e. The number of carbonyl (C=O) groups excluding carboxylic acids is 4. The average molecular weight is 608 g/mol. The van der Waals surface area contributed by atoms with Crippen LogP contribution in [0.3, 0.4) is 0 Å². The smallest absolute Gasteiger partial charge is 0.420 e. The van der Waals surface area contributed by atoms with Gasteiger partial charge in [0, 0.05) is 18.2 Å². The Morgan fingerprint density at radius 1 is 1.09 bits per heavy atom. The van der Waals surface area contributed by atoms with Gasteiger partial charge in [0.15, 0.2) is 5.78 Å². The summed E-state index contributed by atoms with van der Waals surface area (Å²) in [6.07, 6.45) is 3.74. The quantitative estimate of drug-likeness (QED) is 0.293. The minimum absolute atomic E-state index is 0.0579. The van der Waals surface area contributed by atoms with Crippen molar-refractivity contribution in [1.82, 2.24) is 19.4 Å². The lowest BCUT2D eigenvalue weighted by Gasteiger charge is -2.20. The van der Waals surface area contributed by atoms with Crippen LogP contribution in [0, 0.1) is 5.92 Å². The molecule has 12 heteroatoms. The highest BCUT2D eigenvalue weighted by molar-refractivity contribution is 5.90. The van der Waals surface area contributed by atoms with E-state index in [2.05, 4.69) is 23.9 Å². The lowest BCUT2D eigenvalue weighted by molar-refractivity contribution is -0.120. The van der Waals surface area contributed by atoms with E-state index < -0.39 is 41.1 Å². The molecule has 0 unspecified atom stereocenters. The summed E-state index contributed by atoms with van der Waals surface area (Å²) in [6.45, 7) is 9.46. The Hall–Kier alpha value is -4.74. The first-order valence-corrected chi connectivity index (χ1v) is 14.4. The first kappa shape index (κ1) is 33.8. The second-order valence-corrected chi connectivity index (χ2v) is 11.9. The van der Waals surface area contributed by atoms with Crippen molar-refractivity contribution in [2.24, 2.45) is 11.7 Å². The molecule has 0 spiro atoms. The Morgan fingerprint density at radius 3 is 2.43 bits per heavy atom. The van der Waals surface area contributed by atoms with Crippen LogP contribution in [0.15, 0.2) is 53.5 Å². The zero-order valence-corrected chi connectivity index (χ0v) is 26.1. The molecule has 44 heavy (non-hydrogen) atoms. The molecule has 3 aromatic rings. The summed E-state index contributed by atoms with van der Waals surface area (Å²) in [7, 11) is 1.18. The number of benzene rings is 1. The van der Waals surface area contributed by atoms with Gasteiger partial charge in [0.25, 0.3) is 5.56 Å². The average Bonchev–Trinajstić information content (AvgIpc) is 3.30. The highest BCUT2D eigenvalue weighted by Gasteiger charge is 2.26. The number of imidazole rings is 1. The number of nitrogens with one attached hydrogen (secondary N) is 1. The van der Waals surface area contributed by atoms with Gasteiger partial charge >= 0.3 is 12.2 Å². The van der Waals surface area contributed by atoms with Crippen molar-refractivity contribution in [3.63, 3.8) is 0 Å². The maximum atomic E-state index is 13.6.